The molecule has 0 atom stereocenters. The van der Waals surface area contributed by atoms with Gasteiger partial charge >= 0.3 is 0 Å². The van der Waals surface area contributed by atoms with Crippen molar-refractivity contribution in [3.05, 3.63) is 41.8 Å². The molecule has 0 amide bonds. The van der Waals surface area contributed by atoms with Gasteiger partial charge in [0.2, 0.25) is 0 Å². The number of hydrogen-bond acceptors (Lipinski definition) is 3. The molecule has 0 aliphatic heterocycles. The number of anilines is 1. The predicted octanol–water partition coefficient (Wildman–Crippen LogP) is 2.99. The van der Waals surface area contributed by atoms with E-state index in [0.717, 1.165) is 5.69 Å². The Hall–Kier alpha value is -1.97. The number of rotatable bonds is 2. The normalized spacial score (nSPS) is 10.8. The molecule has 0 fully saturated rings. The summed E-state index contributed by atoms with van der Waals surface area (Å²) in [4.78, 5) is 8.51. The van der Waals surface area contributed by atoms with Crippen molar-refractivity contribution in [2.75, 3.05) is 5.73 Å². The van der Waals surface area contributed by atoms with Crippen LogP contribution in [0.15, 0.2) is 30.3 Å². The minimum atomic E-state index is -0.306. The lowest BCUT2D eigenvalue weighted by Gasteiger charge is -2.08. The molecule has 3 nitrogen and oxygen atoms in total. The highest BCUT2D eigenvalue weighted by Crippen LogP contribution is 2.21. The molecule has 17 heavy (non-hydrogen) atoms. The standard InChI is InChI=1S/C13H14FN3/c1-8(2)11-7-12(15)17-13(16-11)9-4-3-5-10(14)6-9/h3-8H,1-2H3,(H2,15,16,17). The fraction of sp³-hybridized carbons (Fsp3) is 0.231. The van der Waals surface area contributed by atoms with Crippen molar-refractivity contribution in [2.24, 2.45) is 0 Å². The first kappa shape index (κ1) is 11.5. The van der Waals surface area contributed by atoms with E-state index in [-0.39, 0.29) is 11.7 Å². The molecule has 4 heteroatoms. The Morgan fingerprint density at radius 2 is 1.94 bits per heavy atom. The number of halogens is 1. The summed E-state index contributed by atoms with van der Waals surface area (Å²) in [6.45, 7) is 4.05. The Morgan fingerprint density at radius 1 is 1.18 bits per heavy atom. The minimum Gasteiger partial charge on any atom is -0.384 e. The summed E-state index contributed by atoms with van der Waals surface area (Å²) in [5.41, 5.74) is 7.22. The van der Waals surface area contributed by atoms with Gasteiger partial charge in [0.05, 0.1) is 0 Å². The van der Waals surface area contributed by atoms with E-state index >= 15 is 0 Å². The van der Waals surface area contributed by atoms with E-state index in [1.807, 2.05) is 13.8 Å². The van der Waals surface area contributed by atoms with Crippen molar-refractivity contribution in [1.82, 2.24) is 9.97 Å². The van der Waals surface area contributed by atoms with Crippen molar-refractivity contribution in [1.29, 1.82) is 0 Å². The third-order valence-corrected chi connectivity index (χ3v) is 2.44. The van der Waals surface area contributed by atoms with Gasteiger partial charge in [0, 0.05) is 17.3 Å². The molecule has 0 aliphatic rings. The lowest BCUT2D eigenvalue weighted by Crippen LogP contribution is -2.01. The summed E-state index contributed by atoms with van der Waals surface area (Å²) >= 11 is 0. The molecule has 88 valence electrons. The maximum atomic E-state index is 13.1. The summed E-state index contributed by atoms with van der Waals surface area (Å²) in [7, 11) is 0. The highest BCUT2D eigenvalue weighted by Gasteiger charge is 2.08. The van der Waals surface area contributed by atoms with Crippen LogP contribution in [0.4, 0.5) is 10.2 Å². The van der Waals surface area contributed by atoms with Crippen molar-refractivity contribution >= 4 is 5.82 Å². The summed E-state index contributed by atoms with van der Waals surface area (Å²) in [5.74, 6) is 0.823. The lowest BCUT2D eigenvalue weighted by atomic mass is 10.1. The summed E-state index contributed by atoms with van der Waals surface area (Å²) in [6, 6.07) is 7.93. The average molecular weight is 231 g/mol. The van der Waals surface area contributed by atoms with Gasteiger partial charge in [-0.05, 0) is 18.1 Å². The third kappa shape index (κ3) is 2.58. The van der Waals surface area contributed by atoms with Crippen LogP contribution in [0.5, 0.6) is 0 Å². The summed E-state index contributed by atoms with van der Waals surface area (Å²) in [6.07, 6.45) is 0. The Morgan fingerprint density at radius 3 is 2.59 bits per heavy atom. The molecule has 0 spiro atoms. The molecule has 1 aromatic heterocycles. The molecule has 0 aliphatic carbocycles. The SMILES string of the molecule is CC(C)c1cc(N)nc(-c2cccc(F)c2)n1. The number of hydrogen-bond donors (Lipinski definition) is 1. The first-order chi connectivity index (χ1) is 8.06. The van der Waals surface area contributed by atoms with Crippen molar-refractivity contribution < 1.29 is 4.39 Å². The van der Waals surface area contributed by atoms with Crippen LogP contribution in [0, 0.1) is 5.82 Å². The first-order valence-electron chi connectivity index (χ1n) is 5.46. The van der Waals surface area contributed by atoms with E-state index in [4.69, 9.17) is 5.73 Å². The Labute approximate surface area is 99.5 Å². The molecule has 1 aromatic carbocycles. The van der Waals surface area contributed by atoms with E-state index in [1.54, 1.807) is 18.2 Å². The van der Waals surface area contributed by atoms with Gasteiger partial charge in [-0.15, -0.1) is 0 Å². The van der Waals surface area contributed by atoms with Gasteiger partial charge in [-0.3, -0.25) is 0 Å². The van der Waals surface area contributed by atoms with Gasteiger partial charge in [0.25, 0.3) is 0 Å². The second-order valence-corrected chi connectivity index (χ2v) is 4.21. The van der Waals surface area contributed by atoms with Crippen LogP contribution in [0.3, 0.4) is 0 Å². The maximum absolute atomic E-state index is 13.1. The Bertz CT molecular complexity index is 538. The summed E-state index contributed by atoms with van der Waals surface area (Å²) in [5, 5.41) is 0. The fourth-order valence-corrected chi connectivity index (χ4v) is 1.54. The number of nitrogens with two attached hydrogens (primary N) is 1. The number of aromatic nitrogens is 2. The van der Waals surface area contributed by atoms with Crippen LogP contribution in [-0.2, 0) is 0 Å². The molecule has 0 bridgehead atoms. The molecule has 2 rings (SSSR count). The molecule has 0 saturated carbocycles. The minimum absolute atomic E-state index is 0.257. The van der Waals surface area contributed by atoms with Crippen molar-refractivity contribution in [3.8, 4) is 11.4 Å². The zero-order valence-electron chi connectivity index (χ0n) is 9.81. The molecule has 1 heterocycles. The zero-order valence-corrected chi connectivity index (χ0v) is 9.81. The van der Waals surface area contributed by atoms with Gasteiger partial charge < -0.3 is 5.73 Å². The van der Waals surface area contributed by atoms with Crippen molar-refractivity contribution in [2.45, 2.75) is 19.8 Å². The zero-order chi connectivity index (χ0) is 12.4. The van der Waals surface area contributed by atoms with Crippen LogP contribution >= 0.6 is 0 Å². The molecule has 2 aromatic rings. The Kier molecular flexibility index (Phi) is 3.04. The van der Waals surface area contributed by atoms with Crippen LogP contribution in [0.25, 0.3) is 11.4 Å². The van der Waals surface area contributed by atoms with E-state index in [9.17, 15) is 4.39 Å². The van der Waals surface area contributed by atoms with Gasteiger partial charge in [-0.2, -0.15) is 0 Å². The molecular weight excluding hydrogens is 217 g/mol. The van der Waals surface area contributed by atoms with E-state index < -0.39 is 0 Å². The third-order valence-electron chi connectivity index (χ3n) is 2.44. The van der Waals surface area contributed by atoms with E-state index in [1.165, 1.54) is 12.1 Å². The van der Waals surface area contributed by atoms with E-state index in [0.29, 0.717) is 17.2 Å². The van der Waals surface area contributed by atoms with Crippen molar-refractivity contribution in [3.63, 3.8) is 0 Å². The second-order valence-electron chi connectivity index (χ2n) is 4.21. The average Bonchev–Trinajstić information content (AvgIpc) is 2.28. The predicted molar refractivity (Wildman–Crippen MR) is 65.9 cm³/mol. The topological polar surface area (TPSA) is 51.8 Å². The largest absolute Gasteiger partial charge is 0.384 e. The van der Waals surface area contributed by atoms with Gasteiger partial charge in [-0.1, -0.05) is 26.0 Å². The van der Waals surface area contributed by atoms with Gasteiger partial charge in [-0.25, -0.2) is 14.4 Å². The molecular formula is C13H14FN3. The first-order valence-corrected chi connectivity index (χ1v) is 5.46. The number of nitrogens with zero attached hydrogens (tertiary/aromatic N) is 2. The van der Waals surface area contributed by atoms with Crippen LogP contribution in [0.2, 0.25) is 0 Å². The van der Waals surface area contributed by atoms with Crippen LogP contribution in [-0.4, -0.2) is 9.97 Å². The lowest BCUT2D eigenvalue weighted by molar-refractivity contribution is 0.628. The van der Waals surface area contributed by atoms with Gasteiger partial charge in [0.1, 0.15) is 11.6 Å². The van der Waals surface area contributed by atoms with Crippen LogP contribution < -0.4 is 5.73 Å². The van der Waals surface area contributed by atoms with Gasteiger partial charge in [0.15, 0.2) is 5.82 Å². The monoisotopic (exact) mass is 231 g/mol. The van der Waals surface area contributed by atoms with E-state index in [2.05, 4.69) is 9.97 Å². The molecule has 2 N–H and O–H groups in total. The number of benzene rings is 1. The molecule has 0 radical (unpaired) electrons. The maximum Gasteiger partial charge on any atom is 0.161 e. The summed E-state index contributed by atoms with van der Waals surface area (Å²) < 4.78 is 13.1. The second kappa shape index (κ2) is 4.49. The molecule has 0 saturated heterocycles. The number of nitrogen functional groups attached to an aromatic ring is 1. The quantitative estimate of drug-likeness (QED) is 0.864. The highest BCUT2D eigenvalue weighted by atomic mass is 19.1. The highest BCUT2D eigenvalue weighted by molar-refractivity contribution is 5.57. The fourth-order valence-electron chi connectivity index (χ4n) is 1.54. The Balaban J connectivity index is 2.52. The van der Waals surface area contributed by atoms with Crippen LogP contribution in [0.1, 0.15) is 25.5 Å². The molecule has 0 unspecified atom stereocenters. The smallest absolute Gasteiger partial charge is 0.161 e.